The zero-order chi connectivity index (χ0) is 25.6. The fourth-order valence-corrected chi connectivity index (χ4v) is 6.20. The lowest BCUT2D eigenvalue weighted by Crippen LogP contribution is -2.41. The van der Waals surface area contributed by atoms with E-state index in [1.165, 1.54) is 32.3 Å². The fraction of sp³-hybridized carbons (Fsp3) is 0.435. The summed E-state index contributed by atoms with van der Waals surface area (Å²) in [5.74, 6) is 0.751. The third-order valence-corrected chi connectivity index (χ3v) is 9.41. The highest BCUT2D eigenvalue weighted by molar-refractivity contribution is 7.89. The van der Waals surface area contributed by atoms with E-state index >= 15 is 0 Å². The largest absolute Gasteiger partial charge is 0.384 e. The Hall–Kier alpha value is -2.51. The lowest BCUT2D eigenvalue weighted by Gasteiger charge is -2.40. The van der Waals surface area contributed by atoms with Gasteiger partial charge < -0.3 is 9.64 Å². The van der Waals surface area contributed by atoms with Gasteiger partial charge in [-0.25, -0.2) is 31.3 Å². The summed E-state index contributed by atoms with van der Waals surface area (Å²) in [6, 6.07) is 7.44. The van der Waals surface area contributed by atoms with Gasteiger partial charge in [-0.2, -0.15) is 0 Å². The summed E-state index contributed by atoms with van der Waals surface area (Å²) in [6.45, 7) is 4.29. The van der Waals surface area contributed by atoms with Crippen LogP contribution in [0.2, 0.25) is 0 Å². The number of anilines is 1. The van der Waals surface area contributed by atoms with Gasteiger partial charge in [0, 0.05) is 57.8 Å². The number of fused-ring (bicyclic) bond motifs is 1. The van der Waals surface area contributed by atoms with E-state index in [1.54, 1.807) is 25.4 Å². The third-order valence-electron chi connectivity index (χ3n) is 6.63. The smallest absolute Gasteiger partial charge is 0.243 e. The number of hydrogen-bond donors (Lipinski definition) is 1. The maximum absolute atomic E-state index is 13.2. The average Bonchev–Trinajstić information content (AvgIpc) is 3.27. The molecule has 0 atom stereocenters. The molecule has 0 radical (unpaired) electrons. The SMILES string of the molecule is COCC1(C)CCN(c2c(-c3cc(S(N)(=O)=O)ccc3S(=O)(=O)N(C)C)ccc3nccn23)CC1. The summed E-state index contributed by atoms with van der Waals surface area (Å²) < 4.78 is 59.3. The van der Waals surface area contributed by atoms with Gasteiger partial charge in [-0.1, -0.05) is 6.92 Å². The molecule has 2 aromatic heterocycles. The van der Waals surface area contributed by atoms with E-state index in [1.807, 2.05) is 10.6 Å². The van der Waals surface area contributed by atoms with Crippen LogP contribution in [0.3, 0.4) is 0 Å². The molecule has 0 bridgehead atoms. The lowest BCUT2D eigenvalue weighted by molar-refractivity contribution is 0.0730. The van der Waals surface area contributed by atoms with Crippen molar-refractivity contribution in [3.8, 4) is 11.1 Å². The minimum absolute atomic E-state index is 0.00292. The van der Waals surface area contributed by atoms with Gasteiger partial charge in [-0.05, 0) is 48.6 Å². The molecule has 0 amide bonds. The van der Waals surface area contributed by atoms with Crippen molar-refractivity contribution in [2.24, 2.45) is 10.6 Å². The number of nitrogens with two attached hydrogens (primary N) is 1. The van der Waals surface area contributed by atoms with Crippen LogP contribution in [-0.2, 0) is 24.8 Å². The van der Waals surface area contributed by atoms with Crippen molar-refractivity contribution in [1.29, 1.82) is 0 Å². The summed E-state index contributed by atoms with van der Waals surface area (Å²) in [4.78, 5) is 6.43. The molecule has 1 aromatic carbocycles. The number of hydrogen-bond acceptors (Lipinski definition) is 7. The molecule has 10 nitrogen and oxygen atoms in total. The molecule has 0 unspecified atom stereocenters. The van der Waals surface area contributed by atoms with Gasteiger partial charge in [0.2, 0.25) is 20.0 Å². The molecule has 4 rings (SSSR count). The van der Waals surface area contributed by atoms with Crippen LogP contribution in [0.4, 0.5) is 5.82 Å². The minimum Gasteiger partial charge on any atom is -0.384 e. The number of benzene rings is 1. The van der Waals surface area contributed by atoms with Gasteiger partial charge in [-0.3, -0.25) is 4.40 Å². The molecule has 3 aromatic rings. The molecule has 12 heteroatoms. The van der Waals surface area contributed by atoms with Gasteiger partial charge in [0.05, 0.1) is 16.4 Å². The predicted octanol–water partition coefficient (Wildman–Crippen LogP) is 2.15. The standard InChI is InChI=1S/C23H31N5O5S2/c1-23(16-33-4)9-12-27(13-10-23)22-18(6-8-21-25-11-14-28(21)22)19-15-17(34(24,29)30)5-7-20(19)35(31,32)26(2)3/h5-8,11,14-15H,9-10,12-13,16H2,1-4H3,(H2,24,29,30). The van der Waals surface area contributed by atoms with Crippen molar-refractivity contribution in [2.45, 2.75) is 29.6 Å². The van der Waals surface area contributed by atoms with Gasteiger partial charge >= 0.3 is 0 Å². The number of pyridine rings is 1. The highest BCUT2D eigenvalue weighted by atomic mass is 32.2. The second kappa shape index (κ2) is 9.17. The van der Waals surface area contributed by atoms with Crippen molar-refractivity contribution in [3.05, 3.63) is 42.7 Å². The summed E-state index contributed by atoms with van der Waals surface area (Å²) in [5, 5.41) is 5.41. The highest BCUT2D eigenvalue weighted by Crippen LogP contribution is 2.40. The van der Waals surface area contributed by atoms with E-state index in [9.17, 15) is 16.8 Å². The van der Waals surface area contributed by atoms with Crippen LogP contribution in [0.5, 0.6) is 0 Å². The van der Waals surface area contributed by atoms with Crippen LogP contribution in [0.25, 0.3) is 16.8 Å². The van der Waals surface area contributed by atoms with Crippen molar-refractivity contribution in [1.82, 2.24) is 13.7 Å². The van der Waals surface area contributed by atoms with E-state index < -0.39 is 20.0 Å². The van der Waals surface area contributed by atoms with Gasteiger partial charge in [0.25, 0.3) is 0 Å². The number of primary sulfonamides is 1. The summed E-state index contributed by atoms with van der Waals surface area (Å²) >= 11 is 0. The first-order valence-corrected chi connectivity index (χ1v) is 14.2. The van der Waals surface area contributed by atoms with Crippen LogP contribution in [0, 0.1) is 5.41 Å². The van der Waals surface area contributed by atoms with E-state index in [2.05, 4.69) is 16.8 Å². The Labute approximate surface area is 206 Å². The van der Waals surface area contributed by atoms with Crippen LogP contribution >= 0.6 is 0 Å². The molecular formula is C23H31N5O5S2. The molecule has 0 aliphatic carbocycles. The zero-order valence-electron chi connectivity index (χ0n) is 20.3. The Kier molecular flexibility index (Phi) is 6.70. The second-order valence-electron chi connectivity index (χ2n) is 9.45. The number of methoxy groups -OCH3 is 1. The van der Waals surface area contributed by atoms with E-state index in [0.29, 0.717) is 17.8 Å². The molecule has 35 heavy (non-hydrogen) atoms. The van der Waals surface area contributed by atoms with E-state index in [0.717, 1.165) is 36.1 Å². The van der Waals surface area contributed by atoms with E-state index in [-0.39, 0.29) is 20.8 Å². The first-order chi connectivity index (χ1) is 16.4. The van der Waals surface area contributed by atoms with Crippen molar-refractivity contribution < 1.29 is 21.6 Å². The number of imidazole rings is 1. The molecule has 1 fully saturated rings. The average molecular weight is 522 g/mol. The summed E-state index contributed by atoms with van der Waals surface area (Å²) in [6.07, 6.45) is 5.26. The topological polar surface area (TPSA) is 127 Å². The molecule has 0 spiro atoms. The molecule has 3 heterocycles. The van der Waals surface area contributed by atoms with Crippen molar-refractivity contribution in [2.75, 3.05) is 45.8 Å². The third kappa shape index (κ3) is 4.81. The number of aromatic nitrogens is 2. The van der Waals surface area contributed by atoms with Crippen LogP contribution in [0.15, 0.2) is 52.5 Å². The molecule has 2 N–H and O–H groups in total. The Morgan fingerprint density at radius 1 is 1.09 bits per heavy atom. The molecule has 1 aliphatic rings. The van der Waals surface area contributed by atoms with Crippen molar-refractivity contribution in [3.63, 3.8) is 0 Å². The first-order valence-electron chi connectivity index (χ1n) is 11.2. The van der Waals surface area contributed by atoms with Gasteiger partial charge in [-0.15, -0.1) is 0 Å². The maximum Gasteiger partial charge on any atom is 0.243 e. The number of nitrogens with zero attached hydrogens (tertiary/aromatic N) is 4. The monoisotopic (exact) mass is 521 g/mol. The second-order valence-corrected chi connectivity index (χ2v) is 13.1. The Morgan fingerprint density at radius 3 is 2.37 bits per heavy atom. The highest BCUT2D eigenvalue weighted by Gasteiger charge is 2.33. The minimum atomic E-state index is -4.06. The lowest BCUT2D eigenvalue weighted by atomic mass is 9.81. The van der Waals surface area contributed by atoms with Crippen LogP contribution < -0.4 is 10.0 Å². The number of piperidine rings is 1. The summed E-state index contributed by atoms with van der Waals surface area (Å²) in [5.41, 5.74) is 1.59. The number of ether oxygens (including phenoxy) is 1. The molecule has 1 saturated heterocycles. The van der Waals surface area contributed by atoms with Crippen LogP contribution in [-0.4, -0.2) is 71.4 Å². The normalized spacial score (nSPS) is 16.8. The maximum atomic E-state index is 13.2. The van der Waals surface area contributed by atoms with E-state index in [4.69, 9.17) is 9.88 Å². The van der Waals surface area contributed by atoms with Gasteiger partial charge in [0.15, 0.2) is 0 Å². The molecule has 1 aliphatic heterocycles. The fourth-order valence-electron chi connectivity index (χ4n) is 4.58. The quantitative estimate of drug-likeness (QED) is 0.505. The van der Waals surface area contributed by atoms with Crippen molar-refractivity contribution >= 4 is 31.5 Å². The molecular weight excluding hydrogens is 490 g/mol. The molecule has 0 saturated carbocycles. The molecule has 190 valence electrons. The zero-order valence-corrected chi connectivity index (χ0v) is 21.9. The summed E-state index contributed by atoms with van der Waals surface area (Å²) in [7, 11) is -3.38. The Bertz CT molecular complexity index is 1460. The number of sulfonamides is 2. The Balaban J connectivity index is 1.96. The predicted molar refractivity (Wildman–Crippen MR) is 134 cm³/mol. The Morgan fingerprint density at radius 2 is 1.77 bits per heavy atom. The van der Waals surface area contributed by atoms with Gasteiger partial charge in [0.1, 0.15) is 11.5 Å². The van der Waals surface area contributed by atoms with Crippen LogP contribution in [0.1, 0.15) is 19.8 Å². The number of rotatable bonds is 7. The first kappa shape index (κ1) is 25.6.